The van der Waals surface area contributed by atoms with Gasteiger partial charge in [0.2, 0.25) is 5.91 Å². The lowest BCUT2D eigenvalue weighted by Gasteiger charge is -2.38. The van der Waals surface area contributed by atoms with Gasteiger partial charge >= 0.3 is 12.1 Å². The molecule has 30 heavy (non-hydrogen) atoms. The molecule has 4 atom stereocenters. The zero-order valence-corrected chi connectivity index (χ0v) is 19.5. The van der Waals surface area contributed by atoms with Gasteiger partial charge in [-0.1, -0.05) is 32.1 Å². The average molecular weight is 423 g/mol. The first-order chi connectivity index (χ1) is 14.0. The van der Waals surface area contributed by atoms with E-state index in [4.69, 9.17) is 9.47 Å². The topological polar surface area (TPSA) is 76.2 Å². The average Bonchev–Trinajstić information content (AvgIpc) is 3.12. The lowest BCUT2D eigenvalue weighted by atomic mass is 9.97. The highest BCUT2D eigenvalue weighted by molar-refractivity contribution is 5.91. The summed E-state index contributed by atoms with van der Waals surface area (Å²) >= 11 is 0. The molecule has 170 valence electrons. The molecular weight excluding hydrogens is 384 g/mol. The summed E-state index contributed by atoms with van der Waals surface area (Å²) in [6, 6.07) is -1.85. The molecule has 0 radical (unpaired) electrons. The van der Waals surface area contributed by atoms with Crippen molar-refractivity contribution in [3.05, 3.63) is 24.8 Å². The van der Waals surface area contributed by atoms with E-state index in [1.54, 1.807) is 38.7 Å². The van der Waals surface area contributed by atoms with E-state index in [1.807, 2.05) is 26.0 Å². The molecule has 1 aliphatic heterocycles. The van der Waals surface area contributed by atoms with Gasteiger partial charge in [-0.3, -0.25) is 9.69 Å². The molecule has 1 heterocycles. The molecule has 0 N–H and O–H groups in total. The van der Waals surface area contributed by atoms with Crippen molar-refractivity contribution in [3.8, 4) is 0 Å². The van der Waals surface area contributed by atoms with Gasteiger partial charge in [-0.2, -0.15) is 0 Å². The number of hydrogen-bond donors (Lipinski definition) is 0. The van der Waals surface area contributed by atoms with Crippen molar-refractivity contribution < 1.29 is 23.9 Å². The SMILES string of the molecule is C=C[C@H]1CCN(C(=O)OC(C)(C)C)[C@@H]1C(=O)N(C(/C=C/CC)CC)[C@@H](C)C(=O)OC. The van der Waals surface area contributed by atoms with Gasteiger partial charge in [0.05, 0.1) is 13.2 Å². The van der Waals surface area contributed by atoms with E-state index in [1.165, 1.54) is 12.0 Å². The van der Waals surface area contributed by atoms with Crippen molar-refractivity contribution in [1.29, 1.82) is 0 Å². The van der Waals surface area contributed by atoms with Crippen LogP contribution in [0, 0.1) is 5.92 Å². The molecule has 1 unspecified atom stereocenters. The molecule has 0 aromatic heterocycles. The van der Waals surface area contributed by atoms with Gasteiger partial charge in [0.25, 0.3) is 0 Å². The number of nitrogens with zero attached hydrogens (tertiary/aromatic N) is 2. The van der Waals surface area contributed by atoms with Gasteiger partial charge in [0, 0.05) is 12.5 Å². The Hall–Kier alpha value is -2.31. The second-order valence-electron chi connectivity index (χ2n) is 8.56. The number of amides is 2. The molecule has 7 heteroatoms. The molecule has 0 bridgehead atoms. The minimum atomic E-state index is -0.791. The van der Waals surface area contributed by atoms with Gasteiger partial charge in [0.15, 0.2) is 0 Å². The van der Waals surface area contributed by atoms with E-state index in [0.717, 1.165) is 6.42 Å². The number of esters is 1. The largest absolute Gasteiger partial charge is 0.467 e. The smallest absolute Gasteiger partial charge is 0.410 e. The fourth-order valence-electron chi connectivity index (χ4n) is 3.70. The van der Waals surface area contributed by atoms with Crippen LogP contribution in [0.25, 0.3) is 0 Å². The highest BCUT2D eigenvalue weighted by Crippen LogP contribution is 2.30. The first-order valence-electron chi connectivity index (χ1n) is 10.7. The Kier molecular flexibility index (Phi) is 9.59. The molecule has 0 aliphatic carbocycles. The summed E-state index contributed by atoms with van der Waals surface area (Å²) < 4.78 is 10.4. The zero-order valence-electron chi connectivity index (χ0n) is 19.5. The van der Waals surface area contributed by atoms with E-state index < -0.39 is 29.7 Å². The molecule has 7 nitrogen and oxygen atoms in total. The molecule has 1 saturated heterocycles. The highest BCUT2D eigenvalue weighted by atomic mass is 16.6. The number of hydrogen-bond acceptors (Lipinski definition) is 5. The molecule has 0 saturated carbocycles. The third-order valence-electron chi connectivity index (χ3n) is 5.21. The molecular formula is C23H38N2O5. The minimum Gasteiger partial charge on any atom is -0.467 e. The van der Waals surface area contributed by atoms with Crippen LogP contribution >= 0.6 is 0 Å². The van der Waals surface area contributed by atoms with E-state index in [0.29, 0.717) is 19.4 Å². The minimum absolute atomic E-state index is 0.218. The number of rotatable bonds is 8. The predicted octanol–water partition coefficient (Wildman–Crippen LogP) is 3.93. The normalized spacial score (nSPS) is 21.2. The van der Waals surface area contributed by atoms with Crippen LogP contribution in [0.1, 0.15) is 60.8 Å². The molecule has 2 amide bonds. The third-order valence-corrected chi connectivity index (χ3v) is 5.21. The third kappa shape index (κ3) is 6.34. The number of carbonyl (C=O) groups is 3. The van der Waals surface area contributed by atoms with Crippen LogP contribution in [-0.4, -0.2) is 65.2 Å². The monoisotopic (exact) mass is 422 g/mol. The number of likely N-dealkylation sites (tertiary alicyclic amines) is 1. The quantitative estimate of drug-likeness (QED) is 0.437. The number of ether oxygens (including phenoxy) is 2. The van der Waals surface area contributed by atoms with E-state index in [2.05, 4.69) is 6.58 Å². The standard InChI is InChI=1S/C23H38N2O5/c1-9-12-13-18(11-3)25(16(4)21(27)29-8)20(26)19-17(10-2)14-15-24(19)22(28)30-23(5,6)7/h10,12-13,16-19H,2,9,11,14-15H2,1,3-8H3/b13-12+/t16-,17-,18?,19-/m0/s1. The Bertz CT molecular complexity index is 652. The summed E-state index contributed by atoms with van der Waals surface area (Å²) in [6.45, 7) is 15.2. The summed E-state index contributed by atoms with van der Waals surface area (Å²) in [5.74, 6) is -1.01. The summed E-state index contributed by atoms with van der Waals surface area (Å²) in [4.78, 5) is 42.0. The number of methoxy groups -OCH3 is 1. The molecule has 1 fully saturated rings. The summed E-state index contributed by atoms with van der Waals surface area (Å²) in [5.41, 5.74) is -0.675. The van der Waals surface area contributed by atoms with Gasteiger partial charge in [-0.25, -0.2) is 9.59 Å². The van der Waals surface area contributed by atoms with E-state index >= 15 is 0 Å². The van der Waals surface area contributed by atoms with Crippen LogP contribution in [0.2, 0.25) is 0 Å². The maximum atomic E-state index is 13.8. The molecule has 1 rings (SSSR count). The number of allylic oxidation sites excluding steroid dienone is 1. The molecule has 1 aliphatic rings. The van der Waals surface area contributed by atoms with Crippen molar-refractivity contribution >= 4 is 18.0 Å². The van der Waals surface area contributed by atoms with Crippen LogP contribution in [0.15, 0.2) is 24.8 Å². The van der Waals surface area contributed by atoms with E-state index in [-0.39, 0.29) is 17.9 Å². The second kappa shape index (κ2) is 11.2. The summed E-state index contributed by atoms with van der Waals surface area (Å²) in [7, 11) is 1.30. The Morgan fingerprint density at radius 2 is 1.90 bits per heavy atom. The Morgan fingerprint density at radius 1 is 1.27 bits per heavy atom. The van der Waals surface area contributed by atoms with Gasteiger partial charge in [-0.05, 0) is 47.0 Å². The van der Waals surface area contributed by atoms with Gasteiger partial charge in [-0.15, -0.1) is 6.58 Å². The fraction of sp³-hybridized carbons (Fsp3) is 0.696. The maximum Gasteiger partial charge on any atom is 0.410 e. The predicted molar refractivity (Wildman–Crippen MR) is 117 cm³/mol. The molecule has 0 aromatic rings. The number of carbonyl (C=O) groups excluding carboxylic acids is 3. The van der Waals surface area contributed by atoms with Crippen LogP contribution in [0.4, 0.5) is 4.79 Å². The maximum absolute atomic E-state index is 13.8. The van der Waals surface area contributed by atoms with Crippen LogP contribution in [0.5, 0.6) is 0 Å². The second-order valence-corrected chi connectivity index (χ2v) is 8.56. The zero-order chi connectivity index (χ0) is 23.1. The summed E-state index contributed by atoms with van der Waals surface area (Å²) in [5, 5.41) is 0. The molecule has 0 aromatic carbocycles. The fourth-order valence-corrected chi connectivity index (χ4v) is 3.70. The van der Waals surface area contributed by atoms with Crippen LogP contribution in [0.3, 0.4) is 0 Å². The van der Waals surface area contributed by atoms with Crippen LogP contribution in [-0.2, 0) is 19.1 Å². The summed E-state index contributed by atoms with van der Waals surface area (Å²) in [6.07, 6.45) is 7.14. The first-order valence-corrected chi connectivity index (χ1v) is 10.7. The van der Waals surface area contributed by atoms with Crippen molar-refractivity contribution in [2.75, 3.05) is 13.7 Å². The highest BCUT2D eigenvalue weighted by Gasteiger charge is 2.46. The lowest BCUT2D eigenvalue weighted by Crippen LogP contribution is -2.57. The molecule has 0 spiro atoms. The lowest BCUT2D eigenvalue weighted by molar-refractivity contribution is -0.155. The van der Waals surface area contributed by atoms with Crippen LogP contribution < -0.4 is 0 Å². The Morgan fingerprint density at radius 3 is 2.37 bits per heavy atom. The van der Waals surface area contributed by atoms with Crippen molar-refractivity contribution in [2.45, 2.75) is 84.5 Å². The Labute approximate surface area is 181 Å². The first kappa shape index (κ1) is 25.7. The Balaban J connectivity index is 3.36. The van der Waals surface area contributed by atoms with Crippen molar-refractivity contribution in [2.24, 2.45) is 5.92 Å². The van der Waals surface area contributed by atoms with Crippen molar-refractivity contribution in [3.63, 3.8) is 0 Å². The van der Waals surface area contributed by atoms with Gasteiger partial charge in [0.1, 0.15) is 17.7 Å². The van der Waals surface area contributed by atoms with Gasteiger partial charge < -0.3 is 14.4 Å². The van der Waals surface area contributed by atoms with Crippen molar-refractivity contribution in [1.82, 2.24) is 9.80 Å². The van der Waals surface area contributed by atoms with E-state index in [9.17, 15) is 14.4 Å².